The minimum Gasteiger partial charge on any atom is -0.476 e. The molecule has 5 nitrogen and oxygen atoms in total. The largest absolute Gasteiger partial charge is 0.476 e. The highest BCUT2D eigenvalue weighted by Crippen LogP contribution is 2.30. The number of aromatic nitrogens is 1. The molecule has 0 amide bonds. The van der Waals surface area contributed by atoms with Crippen LogP contribution in [0.2, 0.25) is 0 Å². The summed E-state index contributed by atoms with van der Waals surface area (Å²) in [6, 6.07) is 6.92. The van der Waals surface area contributed by atoms with Crippen molar-refractivity contribution in [3.05, 3.63) is 30.0 Å². The molecule has 0 spiro atoms. The van der Waals surface area contributed by atoms with Gasteiger partial charge < -0.3 is 14.8 Å². The highest BCUT2D eigenvalue weighted by atomic mass is 16.5. The standard InChI is InChI=1S/C11H9NO4/c1-6(13)16-10-7-4-2-3-5-8(7)12-9(10)11(14)15/h2-5,12H,1H3,(H,14,15). The average molecular weight is 219 g/mol. The lowest BCUT2D eigenvalue weighted by atomic mass is 10.2. The van der Waals surface area contributed by atoms with Crippen molar-refractivity contribution in [2.45, 2.75) is 6.92 Å². The van der Waals surface area contributed by atoms with Gasteiger partial charge in [-0.15, -0.1) is 0 Å². The third-order valence-corrected chi connectivity index (χ3v) is 2.12. The van der Waals surface area contributed by atoms with Crippen molar-refractivity contribution in [1.29, 1.82) is 0 Å². The minimum atomic E-state index is -1.16. The van der Waals surface area contributed by atoms with Crippen LogP contribution >= 0.6 is 0 Å². The predicted octanol–water partition coefficient (Wildman–Crippen LogP) is 1.79. The summed E-state index contributed by atoms with van der Waals surface area (Å²) in [6.07, 6.45) is 0. The first-order chi connectivity index (χ1) is 7.59. The van der Waals surface area contributed by atoms with Crippen LogP contribution in [0.5, 0.6) is 5.75 Å². The van der Waals surface area contributed by atoms with E-state index in [0.29, 0.717) is 10.9 Å². The lowest BCUT2D eigenvalue weighted by Gasteiger charge is -2.00. The fraction of sp³-hybridized carbons (Fsp3) is 0.0909. The number of carboxylic acid groups (broad SMARTS) is 1. The SMILES string of the molecule is CC(=O)Oc1c(C(=O)O)[nH]c2ccccc12. The van der Waals surface area contributed by atoms with E-state index in [1.807, 2.05) is 0 Å². The van der Waals surface area contributed by atoms with Crippen LogP contribution in [0.1, 0.15) is 17.4 Å². The molecule has 0 aliphatic rings. The first-order valence-electron chi connectivity index (χ1n) is 4.62. The van der Waals surface area contributed by atoms with Crippen LogP contribution in [-0.2, 0) is 4.79 Å². The van der Waals surface area contributed by atoms with Gasteiger partial charge in [0, 0.05) is 17.8 Å². The van der Waals surface area contributed by atoms with Crippen LogP contribution in [0.25, 0.3) is 10.9 Å². The number of carbonyl (C=O) groups excluding carboxylic acids is 1. The van der Waals surface area contributed by atoms with E-state index in [0.717, 1.165) is 0 Å². The van der Waals surface area contributed by atoms with Gasteiger partial charge in [0.25, 0.3) is 0 Å². The maximum Gasteiger partial charge on any atom is 0.356 e. The van der Waals surface area contributed by atoms with Gasteiger partial charge in [0.05, 0.1) is 0 Å². The van der Waals surface area contributed by atoms with E-state index in [2.05, 4.69) is 4.98 Å². The Bertz CT molecular complexity index is 570. The van der Waals surface area contributed by atoms with Gasteiger partial charge in [0.2, 0.25) is 0 Å². The van der Waals surface area contributed by atoms with Crippen LogP contribution in [0, 0.1) is 0 Å². The molecule has 82 valence electrons. The number of aromatic amines is 1. The number of fused-ring (bicyclic) bond motifs is 1. The Hall–Kier alpha value is -2.30. The minimum absolute atomic E-state index is 0.0654. The fourth-order valence-electron chi connectivity index (χ4n) is 1.52. The Kier molecular flexibility index (Phi) is 2.36. The Morgan fingerprint density at radius 1 is 1.31 bits per heavy atom. The van der Waals surface area contributed by atoms with Gasteiger partial charge in [-0.3, -0.25) is 4.79 Å². The summed E-state index contributed by atoms with van der Waals surface area (Å²) in [7, 11) is 0. The highest BCUT2D eigenvalue weighted by molar-refractivity contribution is 6.01. The fourth-order valence-corrected chi connectivity index (χ4v) is 1.52. The summed E-state index contributed by atoms with van der Waals surface area (Å²) in [6.45, 7) is 1.23. The molecule has 1 aromatic carbocycles. The van der Waals surface area contributed by atoms with Crippen molar-refractivity contribution < 1.29 is 19.4 Å². The number of esters is 1. The van der Waals surface area contributed by atoms with Gasteiger partial charge in [-0.05, 0) is 12.1 Å². The zero-order valence-corrected chi connectivity index (χ0v) is 8.48. The number of nitrogens with one attached hydrogen (secondary N) is 1. The quantitative estimate of drug-likeness (QED) is 0.754. The molecule has 0 bridgehead atoms. The summed E-state index contributed by atoms with van der Waals surface area (Å²) < 4.78 is 4.91. The third kappa shape index (κ3) is 1.63. The molecule has 5 heteroatoms. The van der Waals surface area contributed by atoms with Gasteiger partial charge >= 0.3 is 11.9 Å². The summed E-state index contributed by atoms with van der Waals surface area (Å²) in [5, 5.41) is 9.54. The molecule has 0 aliphatic carbocycles. The number of benzene rings is 1. The van der Waals surface area contributed by atoms with Crippen molar-refractivity contribution in [3.63, 3.8) is 0 Å². The van der Waals surface area contributed by atoms with Gasteiger partial charge in [-0.1, -0.05) is 12.1 Å². The average Bonchev–Trinajstić information content (AvgIpc) is 2.57. The molecule has 0 aliphatic heterocycles. The monoisotopic (exact) mass is 219 g/mol. The molecular weight excluding hydrogens is 210 g/mol. The van der Waals surface area contributed by atoms with Gasteiger partial charge in [0.1, 0.15) is 0 Å². The molecule has 2 aromatic rings. The molecule has 2 N–H and O–H groups in total. The van der Waals surface area contributed by atoms with E-state index >= 15 is 0 Å². The highest BCUT2D eigenvalue weighted by Gasteiger charge is 2.19. The van der Waals surface area contributed by atoms with Crippen molar-refractivity contribution in [1.82, 2.24) is 4.98 Å². The number of hydrogen-bond acceptors (Lipinski definition) is 3. The molecule has 1 aromatic heterocycles. The Morgan fingerprint density at radius 2 is 2.00 bits per heavy atom. The molecule has 0 unspecified atom stereocenters. The maximum absolute atomic E-state index is 11.0. The Labute approximate surface area is 90.6 Å². The summed E-state index contributed by atoms with van der Waals surface area (Å²) in [4.78, 5) is 24.5. The zero-order chi connectivity index (χ0) is 11.7. The summed E-state index contributed by atoms with van der Waals surface area (Å²) in [5.74, 6) is -1.64. The third-order valence-electron chi connectivity index (χ3n) is 2.12. The van der Waals surface area contributed by atoms with Gasteiger partial charge in [-0.25, -0.2) is 4.79 Å². The van der Waals surface area contributed by atoms with E-state index in [9.17, 15) is 9.59 Å². The van der Waals surface area contributed by atoms with Crippen molar-refractivity contribution in [3.8, 4) is 5.75 Å². The second-order valence-electron chi connectivity index (χ2n) is 3.27. The Balaban J connectivity index is 2.69. The van der Waals surface area contributed by atoms with E-state index in [4.69, 9.17) is 9.84 Å². The number of carbonyl (C=O) groups is 2. The van der Waals surface area contributed by atoms with Crippen molar-refractivity contribution >= 4 is 22.8 Å². The Morgan fingerprint density at radius 3 is 2.62 bits per heavy atom. The maximum atomic E-state index is 11.0. The number of aromatic carboxylic acids is 1. The van der Waals surface area contributed by atoms with Crippen LogP contribution in [0.4, 0.5) is 0 Å². The number of rotatable bonds is 2. The summed E-state index contributed by atoms with van der Waals surface area (Å²) in [5.41, 5.74) is 0.507. The number of hydrogen-bond donors (Lipinski definition) is 2. The smallest absolute Gasteiger partial charge is 0.356 e. The molecular formula is C11H9NO4. The molecule has 0 radical (unpaired) electrons. The van der Waals surface area contributed by atoms with Gasteiger partial charge in [-0.2, -0.15) is 0 Å². The van der Waals surface area contributed by atoms with E-state index in [1.54, 1.807) is 24.3 Å². The number of para-hydroxylation sites is 1. The van der Waals surface area contributed by atoms with Crippen LogP contribution < -0.4 is 4.74 Å². The lowest BCUT2D eigenvalue weighted by molar-refractivity contribution is -0.131. The van der Waals surface area contributed by atoms with Gasteiger partial charge in [0.15, 0.2) is 11.4 Å². The molecule has 0 saturated heterocycles. The van der Waals surface area contributed by atoms with Crippen molar-refractivity contribution in [2.24, 2.45) is 0 Å². The van der Waals surface area contributed by atoms with E-state index < -0.39 is 11.9 Å². The second kappa shape index (κ2) is 3.69. The zero-order valence-electron chi connectivity index (χ0n) is 8.48. The van der Waals surface area contributed by atoms with Crippen molar-refractivity contribution in [2.75, 3.05) is 0 Å². The first kappa shape index (κ1) is 10.2. The normalized spacial score (nSPS) is 10.3. The van der Waals surface area contributed by atoms with E-state index in [-0.39, 0.29) is 11.4 Å². The van der Waals surface area contributed by atoms with Crippen LogP contribution in [-0.4, -0.2) is 22.0 Å². The summed E-state index contributed by atoms with van der Waals surface area (Å²) >= 11 is 0. The second-order valence-corrected chi connectivity index (χ2v) is 3.27. The molecule has 1 heterocycles. The van der Waals surface area contributed by atoms with E-state index in [1.165, 1.54) is 6.92 Å². The van der Waals surface area contributed by atoms with Crippen LogP contribution in [0.3, 0.4) is 0 Å². The molecule has 0 saturated carbocycles. The molecule has 0 fully saturated rings. The molecule has 2 rings (SSSR count). The predicted molar refractivity (Wildman–Crippen MR) is 56.6 cm³/mol. The number of ether oxygens (including phenoxy) is 1. The lowest BCUT2D eigenvalue weighted by Crippen LogP contribution is -2.06. The van der Waals surface area contributed by atoms with Crippen LogP contribution in [0.15, 0.2) is 24.3 Å². The first-order valence-corrected chi connectivity index (χ1v) is 4.62. The topological polar surface area (TPSA) is 79.4 Å². The number of H-pyrrole nitrogens is 1. The number of carboxylic acids is 1. The molecule has 16 heavy (non-hydrogen) atoms. The molecule has 0 atom stereocenters.